The van der Waals surface area contributed by atoms with E-state index in [0.717, 1.165) is 37.5 Å². The molecule has 154 valence electrons. The molecule has 0 unspecified atom stereocenters. The fraction of sp³-hybridized carbons (Fsp3) is 0.619. The van der Waals surface area contributed by atoms with E-state index < -0.39 is 6.04 Å². The molecule has 6 nitrogen and oxygen atoms in total. The Balaban J connectivity index is 1.85. The van der Waals surface area contributed by atoms with Crippen LogP contribution in [-0.2, 0) is 9.59 Å². The number of amides is 2. The van der Waals surface area contributed by atoms with Crippen LogP contribution in [-0.4, -0.2) is 78.6 Å². The molecule has 0 aliphatic carbocycles. The topological polar surface area (TPSA) is 53.1 Å². The molecule has 0 saturated carbocycles. The van der Waals surface area contributed by atoms with Gasteiger partial charge in [0.25, 0.3) is 0 Å². The maximum atomic E-state index is 13.4. The zero-order valence-corrected chi connectivity index (χ0v) is 18.1. The maximum absolute atomic E-state index is 13.4. The Morgan fingerprint density at radius 2 is 1.82 bits per heavy atom. The first-order valence-corrected chi connectivity index (χ1v) is 11.0. The number of rotatable bonds is 6. The molecule has 2 aliphatic heterocycles. The average molecular weight is 406 g/mol. The van der Waals surface area contributed by atoms with E-state index in [9.17, 15) is 9.59 Å². The van der Waals surface area contributed by atoms with Crippen molar-refractivity contribution in [2.75, 3.05) is 46.1 Å². The second kappa shape index (κ2) is 9.18. The second-order valence-electron chi connectivity index (χ2n) is 8.01. The lowest BCUT2D eigenvalue weighted by Crippen LogP contribution is -2.55. The molecule has 0 spiro atoms. The Kier molecular flexibility index (Phi) is 6.88. The molecular formula is C21H31N3O3S. The minimum absolute atomic E-state index is 0.0546. The van der Waals surface area contributed by atoms with Gasteiger partial charge in [-0.2, -0.15) is 0 Å². The van der Waals surface area contributed by atoms with Crippen LogP contribution in [0.4, 0.5) is 0 Å². The summed E-state index contributed by atoms with van der Waals surface area (Å²) in [6.45, 7) is 7.44. The fourth-order valence-electron chi connectivity index (χ4n) is 3.82. The number of likely N-dealkylation sites (N-methyl/N-ethyl adjacent to an activating group) is 1. The highest BCUT2D eigenvalue weighted by molar-refractivity contribution is 8.00. The van der Waals surface area contributed by atoms with Crippen LogP contribution in [0.5, 0.6) is 5.75 Å². The SMILES string of the molecule is COc1ccc([C@H]2SCC(=O)N2[C@@H](CC(C)C)C(=O)N2CCN(C)CC2)cc1. The van der Waals surface area contributed by atoms with Crippen molar-refractivity contribution in [3.8, 4) is 5.75 Å². The molecule has 0 N–H and O–H groups in total. The number of hydrogen-bond donors (Lipinski definition) is 0. The lowest BCUT2D eigenvalue weighted by Gasteiger charge is -2.39. The van der Waals surface area contributed by atoms with Gasteiger partial charge in [0.05, 0.1) is 12.9 Å². The minimum Gasteiger partial charge on any atom is -0.497 e. The van der Waals surface area contributed by atoms with E-state index in [2.05, 4.69) is 25.8 Å². The fourth-order valence-corrected chi connectivity index (χ4v) is 5.04. The van der Waals surface area contributed by atoms with Crippen molar-refractivity contribution in [1.29, 1.82) is 0 Å². The molecule has 0 bridgehead atoms. The van der Waals surface area contributed by atoms with Gasteiger partial charge in [-0.3, -0.25) is 9.59 Å². The molecule has 1 aromatic rings. The Morgan fingerprint density at radius 1 is 1.18 bits per heavy atom. The lowest BCUT2D eigenvalue weighted by molar-refractivity contribution is -0.146. The quantitative estimate of drug-likeness (QED) is 0.728. The van der Waals surface area contributed by atoms with Crippen molar-refractivity contribution in [1.82, 2.24) is 14.7 Å². The third kappa shape index (κ3) is 4.63. The first kappa shape index (κ1) is 21.0. The number of thioether (sulfide) groups is 1. The van der Waals surface area contributed by atoms with Crippen LogP contribution >= 0.6 is 11.8 Å². The van der Waals surface area contributed by atoms with E-state index in [4.69, 9.17) is 4.74 Å². The molecule has 2 atom stereocenters. The standard InChI is InChI=1S/C21H31N3O3S/c1-15(2)13-18(20(26)23-11-9-22(3)10-12-23)24-19(25)14-28-21(24)16-5-7-17(27-4)8-6-16/h5-8,15,18,21H,9-14H2,1-4H3/t18-,21+/m0/s1. The Labute approximate surface area is 172 Å². The number of nitrogens with zero attached hydrogens (tertiary/aromatic N) is 3. The minimum atomic E-state index is -0.405. The van der Waals surface area contributed by atoms with Gasteiger partial charge in [0, 0.05) is 26.2 Å². The molecule has 0 aromatic heterocycles. The van der Waals surface area contributed by atoms with Crippen molar-refractivity contribution in [2.45, 2.75) is 31.7 Å². The summed E-state index contributed by atoms with van der Waals surface area (Å²) >= 11 is 1.60. The molecule has 2 aliphatic rings. The Bertz CT molecular complexity index is 687. The Morgan fingerprint density at radius 3 is 2.39 bits per heavy atom. The summed E-state index contributed by atoms with van der Waals surface area (Å²) in [6.07, 6.45) is 0.685. The van der Waals surface area contributed by atoms with Gasteiger partial charge in [-0.15, -0.1) is 11.8 Å². The van der Waals surface area contributed by atoms with Gasteiger partial charge in [0.2, 0.25) is 11.8 Å². The monoisotopic (exact) mass is 405 g/mol. The first-order valence-electron chi connectivity index (χ1n) is 9.94. The largest absolute Gasteiger partial charge is 0.497 e. The average Bonchev–Trinajstić information content (AvgIpc) is 3.07. The summed E-state index contributed by atoms with van der Waals surface area (Å²) in [7, 11) is 3.72. The van der Waals surface area contributed by atoms with E-state index in [1.165, 1.54) is 0 Å². The maximum Gasteiger partial charge on any atom is 0.245 e. The smallest absolute Gasteiger partial charge is 0.245 e. The van der Waals surface area contributed by atoms with Gasteiger partial charge in [0.15, 0.2) is 0 Å². The zero-order valence-electron chi connectivity index (χ0n) is 17.3. The summed E-state index contributed by atoms with van der Waals surface area (Å²) in [6, 6.07) is 7.41. The molecular weight excluding hydrogens is 374 g/mol. The Hall–Kier alpha value is -1.73. The normalized spacial score (nSPS) is 22.0. The zero-order chi connectivity index (χ0) is 20.3. The summed E-state index contributed by atoms with van der Waals surface area (Å²) in [5.74, 6) is 1.68. The van der Waals surface area contributed by atoms with E-state index in [1.54, 1.807) is 18.9 Å². The molecule has 3 rings (SSSR count). The van der Waals surface area contributed by atoms with Crippen molar-refractivity contribution in [2.24, 2.45) is 5.92 Å². The third-order valence-corrected chi connectivity index (χ3v) is 6.67. The highest BCUT2D eigenvalue weighted by Gasteiger charge is 2.42. The first-order chi connectivity index (χ1) is 13.4. The summed E-state index contributed by atoms with van der Waals surface area (Å²) < 4.78 is 5.25. The van der Waals surface area contributed by atoms with E-state index in [-0.39, 0.29) is 17.2 Å². The van der Waals surface area contributed by atoms with Gasteiger partial charge in [-0.1, -0.05) is 26.0 Å². The van der Waals surface area contributed by atoms with Crippen LogP contribution in [0.15, 0.2) is 24.3 Å². The molecule has 2 amide bonds. The molecule has 2 fully saturated rings. The number of piperazine rings is 1. The predicted molar refractivity (Wildman–Crippen MR) is 112 cm³/mol. The van der Waals surface area contributed by atoms with Gasteiger partial charge < -0.3 is 19.4 Å². The molecule has 7 heteroatoms. The third-order valence-electron chi connectivity index (χ3n) is 5.44. The van der Waals surface area contributed by atoms with Crippen LogP contribution in [0.3, 0.4) is 0 Å². The number of carbonyl (C=O) groups is 2. The highest BCUT2D eigenvalue weighted by Crippen LogP contribution is 2.41. The summed E-state index contributed by atoms with van der Waals surface area (Å²) in [4.78, 5) is 32.3. The molecule has 1 aromatic carbocycles. The van der Waals surface area contributed by atoms with E-state index in [0.29, 0.717) is 18.1 Å². The van der Waals surface area contributed by atoms with Gasteiger partial charge in [-0.05, 0) is 37.1 Å². The van der Waals surface area contributed by atoms with Crippen molar-refractivity contribution in [3.63, 3.8) is 0 Å². The van der Waals surface area contributed by atoms with Crippen LogP contribution in [0, 0.1) is 5.92 Å². The predicted octanol–water partition coefficient (Wildman–Crippen LogP) is 2.46. The number of benzene rings is 1. The van der Waals surface area contributed by atoms with Crippen molar-refractivity contribution < 1.29 is 14.3 Å². The van der Waals surface area contributed by atoms with Crippen LogP contribution in [0.2, 0.25) is 0 Å². The molecule has 28 heavy (non-hydrogen) atoms. The van der Waals surface area contributed by atoms with Crippen LogP contribution < -0.4 is 4.74 Å². The van der Waals surface area contributed by atoms with Crippen LogP contribution in [0.1, 0.15) is 31.2 Å². The molecule has 2 heterocycles. The van der Waals surface area contributed by atoms with Gasteiger partial charge >= 0.3 is 0 Å². The van der Waals surface area contributed by atoms with Crippen molar-refractivity contribution in [3.05, 3.63) is 29.8 Å². The van der Waals surface area contributed by atoms with Crippen LogP contribution in [0.25, 0.3) is 0 Å². The summed E-state index contributed by atoms with van der Waals surface area (Å²) in [5.41, 5.74) is 1.04. The molecule has 0 radical (unpaired) electrons. The van der Waals surface area contributed by atoms with Gasteiger partial charge in [0.1, 0.15) is 17.2 Å². The molecule has 2 saturated heterocycles. The summed E-state index contributed by atoms with van der Waals surface area (Å²) in [5, 5.41) is -0.126. The van der Waals surface area contributed by atoms with E-state index >= 15 is 0 Å². The van der Waals surface area contributed by atoms with Gasteiger partial charge in [-0.25, -0.2) is 0 Å². The van der Waals surface area contributed by atoms with Crippen molar-refractivity contribution >= 4 is 23.6 Å². The highest BCUT2D eigenvalue weighted by atomic mass is 32.2. The second-order valence-corrected chi connectivity index (χ2v) is 9.08. The number of hydrogen-bond acceptors (Lipinski definition) is 5. The number of ether oxygens (including phenoxy) is 1. The lowest BCUT2D eigenvalue weighted by atomic mass is 9.99. The van der Waals surface area contributed by atoms with E-state index in [1.807, 2.05) is 34.1 Å². The number of carbonyl (C=O) groups excluding carboxylic acids is 2. The number of methoxy groups -OCH3 is 1.